The van der Waals surface area contributed by atoms with Crippen LogP contribution in [0.2, 0.25) is 0 Å². The molecule has 0 aliphatic carbocycles. The summed E-state index contributed by atoms with van der Waals surface area (Å²) in [5.41, 5.74) is 1.79. The Hall–Kier alpha value is -2.73. The Morgan fingerprint density at radius 3 is 2.53 bits per heavy atom. The zero-order valence-electron chi connectivity index (χ0n) is 19.0. The molecule has 0 N–H and O–H groups in total. The number of nitrogens with zero attached hydrogens (tertiary/aromatic N) is 1. The van der Waals surface area contributed by atoms with Gasteiger partial charge in [-0.25, -0.2) is 4.79 Å². The molecule has 180 valence electrons. The number of carbonyl (C=O) groups excluding carboxylic acids is 3. The van der Waals surface area contributed by atoms with Crippen molar-refractivity contribution >= 4 is 57.5 Å². The SMILES string of the molecule is CCOc1cc(/C=C2\SC(=O)N(CCOc3ccc(C)cc3)C2=O)cc(I)c1OCC(=O)OC. The van der Waals surface area contributed by atoms with E-state index in [0.29, 0.717) is 37.9 Å². The maximum Gasteiger partial charge on any atom is 0.343 e. The highest BCUT2D eigenvalue weighted by Gasteiger charge is 2.35. The molecule has 2 aromatic carbocycles. The lowest BCUT2D eigenvalue weighted by atomic mass is 10.2. The molecule has 3 rings (SSSR count). The van der Waals surface area contributed by atoms with Crippen LogP contribution in [0.25, 0.3) is 6.08 Å². The predicted octanol–water partition coefficient (Wildman–Crippen LogP) is 4.67. The molecule has 2 amide bonds. The van der Waals surface area contributed by atoms with Crippen molar-refractivity contribution in [1.29, 1.82) is 0 Å². The molecule has 0 unspecified atom stereocenters. The number of methoxy groups -OCH3 is 1. The largest absolute Gasteiger partial charge is 0.492 e. The molecule has 0 bridgehead atoms. The van der Waals surface area contributed by atoms with Crippen LogP contribution in [0.4, 0.5) is 4.79 Å². The Morgan fingerprint density at radius 1 is 1.12 bits per heavy atom. The van der Waals surface area contributed by atoms with Crippen molar-refractivity contribution in [2.45, 2.75) is 13.8 Å². The smallest absolute Gasteiger partial charge is 0.343 e. The highest BCUT2D eigenvalue weighted by atomic mass is 127. The van der Waals surface area contributed by atoms with E-state index in [9.17, 15) is 14.4 Å². The van der Waals surface area contributed by atoms with Gasteiger partial charge >= 0.3 is 5.97 Å². The molecule has 1 heterocycles. The molecule has 8 nitrogen and oxygen atoms in total. The van der Waals surface area contributed by atoms with Crippen LogP contribution in [0, 0.1) is 10.5 Å². The van der Waals surface area contributed by atoms with Gasteiger partial charge in [-0.15, -0.1) is 0 Å². The third-order valence-corrected chi connectivity index (χ3v) is 6.38. The van der Waals surface area contributed by atoms with Crippen LogP contribution in [0.3, 0.4) is 0 Å². The third kappa shape index (κ3) is 6.66. The number of benzene rings is 2. The van der Waals surface area contributed by atoms with Gasteiger partial charge in [0.15, 0.2) is 18.1 Å². The normalized spacial score (nSPS) is 14.5. The van der Waals surface area contributed by atoms with Crippen molar-refractivity contribution in [3.8, 4) is 17.2 Å². The molecule has 1 aliphatic heterocycles. The molecule has 0 aromatic heterocycles. The number of hydrogen-bond acceptors (Lipinski definition) is 8. The van der Waals surface area contributed by atoms with E-state index >= 15 is 0 Å². The predicted molar refractivity (Wildman–Crippen MR) is 137 cm³/mol. The van der Waals surface area contributed by atoms with Gasteiger partial charge in [-0.05, 0) is 84.1 Å². The van der Waals surface area contributed by atoms with Gasteiger partial charge in [-0.3, -0.25) is 14.5 Å². The van der Waals surface area contributed by atoms with Crippen molar-refractivity contribution in [3.05, 3.63) is 56.0 Å². The number of esters is 1. The van der Waals surface area contributed by atoms with Crippen molar-refractivity contribution in [3.63, 3.8) is 0 Å². The zero-order valence-corrected chi connectivity index (χ0v) is 21.9. The van der Waals surface area contributed by atoms with E-state index in [4.69, 9.17) is 14.2 Å². The van der Waals surface area contributed by atoms with Gasteiger partial charge in [0.2, 0.25) is 0 Å². The Labute approximate surface area is 215 Å². The second-order valence-corrected chi connectivity index (χ2v) is 9.28. The number of hydrogen-bond donors (Lipinski definition) is 0. The molecule has 0 radical (unpaired) electrons. The van der Waals surface area contributed by atoms with Crippen LogP contribution in [-0.2, 0) is 14.3 Å². The number of ether oxygens (including phenoxy) is 4. The molecule has 0 atom stereocenters. The zero-order chi connectivity index (χ0) is 24.7. The van der Waals surface area contributed by atoms with Crippen LogP contribution < -0.4 is 14.2 Å². The summed E-state index contributed by atoms with van der Waals surface area (Å²) in [5, 5.41) is -0.346. The summed E-state index contributed by atoms with van der Waals surface area (Å²) in [7, 11) is 1.28. The number of rotatable bonds is 10. The van der Waals surface area contributed by atoms with E-state index in [1.54, 1.807) is 18.2 Å². The van der Waals surface area contributed by atoms with E-state index in [-0.39, 0.29) is 30.9 Å². The minimum absolute atomic E-state index is 0.151. The molecule has 10 heteroatoms. The van der Waals surface area contributed by atoms with Gasteiger partial charge in [-0.2, -0.15) is 0 Å². The summed E-state index contributed by atoms with van der Waals surface area (Å²) in [4.78, 5) is 38.2. The van der Waals surface area contributed by atoms with Crippen molar-refractivity contribution < 1.29 is 33.3 Å². The van der Waals surface area contributed by atoms with Crippen LogP contribution in [0.15, 0.2) is 41.3 Å². The van der Waals surface area contributed by atoms with Crippen LogP contribution >= 0.6 is 34.4 Å². The van der Waals surface area contributed by atoms with E-state index < -0.39 is 5.97 Å². The van der Waals surface area contributed by atoms with Gasteiger partial charge in [0, 0.05) is 0 Å². The summed E-state index contributed by atoms with van der Waals surface area (Å²) >= 11 is 2.94. The van der Waals surface area contributed by atoms with Gasteiger partial charge in [0.1, 0.15) is 12.4 Å². The molecule has 1 fully saturated rings. The van der Waals surface area contributed by atoms with Gasteiger partial charge in [0.25, 0.3) is 11.1 Å². The van der Waals surface area contributed by atoms with Crippen molar-refractivity contribution in [1.82, 2.24) is 4.90 Å². The third-order valence-electron chi connectivity index (χ3n) is 4.67. The fraction of sp³-hybridized carbons (Fsp3) is 0.292. The Morgan fingerprint density at radius 2 is 1.85 bits per heavy atom. The average molecular weight is 597 g/mol. The fourth-order valence-corrected chi connectivity index (χ4v) is 4.64. The second kappa shape index (κ2) is 12.1. The van der Waals surface area contributed by atoms with Gasteiger partial charge in [-0.1, -0.05) is 17.7 Å². The first kappa shape index (κ1) is 25.9. The minimum Gasteiger partial charge on any atom is -0.492 e. The standard InChI is InChI=1S/C24H24INO7S/c1-4-31-19-12-16(11-18(25)22(19)33-14-21(27)30-3)13-20-23(28)26(24(29)34-20)9-10-32-17-7-5-15(2)6-8-17/h5-8,11-13H,4,9-10,14H2,1-3H3/b20-13-. The Balaban J connectivity index is 1.71. The first-order chi connectivity index (χ1) is 16.3. The summed E-state index contributed by atoms with van der Waals surface area (Å²) < 4.78 is 22.2. The number of aryl methyl sites for hydroxylation is 1. The molecule has 0 saturated carbocycles. The van der Waals surface area contributed by atoms with Crippen molar-refractivity contribution in [2.75, 3.05) is 33.5 Å². The first-order valence-corrected chi connectivity index (χ1v) is 12.3. The maximum absolute atomic E-state index is 12.8. The number of imide groups is 1. The van der Waals surface area contributed by atoms with Crippen LogP contribution in [0.5, 0.6) is 17.2 Å². The summed E-state index contributed by atoms with van der Waals surface area (Å²) in [5.74, 6) is 0.631. The summed E-state index contributed by atoms with van der Waals surface area (Å²) in [6.45, 7) is 4.29. The number of thioether (sulfide) groups is 1. The quantitative estimate of drug-likeness (QED) is 0.222. The highest BCUT2D eigenvalue weighted by Crippen LogP contribution is 2.37. The topological polar surface area (TPSA) is 91.4 Å². The summed E-state index contributed by atoms with van der Waals surface area (Å²) in [6.07, 6.45) is 1.64. The monoisotopic (exact) mass is 597 g/mol. The Bertz CT molecular complexity index is 1100. The fourth-order valence-electron chi connectivity index (χ4n) is 3.00. The number of halogens is 1. The molecule has 1 aliphatic rings. The minimum atomic E-state index is -0.512. The van der Waals surface area contributed by atoms with Gasteiger partial charge < -0.3 is 18.9 Å². The molecule has 0 spiro atoms. The van der Waals surface area contributed by atoms with Crippen molar-refractivity contribution in [2.24, 2.45) is 0 Å². The van der Waals surface area contributed by atoms with Crippen LogP contribution in [-0.4, -0.2) is 55.5 Å². The second-order valence-electron chi connectivity index (χ2n) is 7.12. The highest BCUT2D eigenvalue weighted by molar-refractivity contribution is 14.1. The first-order valence-electron chi connectivity index (χ1n) is 10.4. The molecule has 2 aromatic rings. The Kier molecular flexibility index (Phi) is 9.22. The molecular weight excluding hydrogens is 573 g/mol. The molecular formula is C24H24INO7S. The van der Waals surface area contributed by atoms with Gasteiger partial charge in [0.05, 0.1) is 28.7 Å². The van der Waals surface area contributed by atoms with E-state index in [1.165, 1.54) is 12.0 Å². The summed E-state index contributed by atoms with van der Waals surface area (Å²) in [6, 6.07) is 11.0. The van der Waals surface area contributed by atoms with E-state index in [1.807, 2.05) is 38.1 Å². The van der Waals surface area contributed by atoms with Crippen LogP contribution in [0.1, 0.15) is 18.1 Å². The number of carbonyl (C=O) groups is 3. The maximum atomic E-state index is 12.8. The molecule has 1 saturated heterocycles. The molecule has 34 heavy (non-hydrogen) atoms. The average Bonchev–Trinajstić information content (AvgIpc) is 3.07. The lowest BCUT2D eigenvalue weighted by Crippen LogP contribution is -2.32. The lowest BCUT2D eigenvalue weighted by molar-refractivity contribution is -0.143. The number of amides is 2. The van der Waals surface area contributed by atoms with E-state index in [2.05, 4.69) is 27.3 Å². The lowest BCUT2D eigenvalue weighted by Gasteiger charge is -2.14. The van der Waals surface area contributed by atoms with E-state index in [0.717, 1.165) is 17.3 Å².